The lowest BCUT2D eigenvalue weighted by Crippen LogP contribution is -2.48. The van der Waals surface area contributed by atoms with Gasteiger partial charge in [-0.3, -0.25) is 0 Å². The van der Waals surface area contributed by atoms with Crippen molar-refractivity contribution in [3.63, 3.8) is 0 Å². The van der Waals surface area contributed by atoms with Gasteiger partial charge in [-0.1, -0.05) is 15.9 Å². The van der Waals surface area contributed by atoms with Gasteiger partial charge in [0.1, 0.15) is 0 Å². The van der Waals surface area contributed by atoms with Crippen LogP contribution in [0.25, 0.3) is 0 Å². The van der Waals surface area contributed by atoms with E-state index in [4.69, 9.17) is 4.84 Å². The molecule has 0 aromatic rings. The second kappa shape index (κ2) is 6.71. The SMILES string of the molecule is CC(C)(C)C(=O)ON1CCN(CCCBr)CC1. The van der Waals surface area contributed by atoms with Gasteiger partial charge in [0.15, 0.2) is 0 Å². The number of alkyl halides is 1. The number of hydrogen-bond acceptors (Lipinski definition) is 4. The van der Waals surface area contributed by atoms with E-state index in [2.05, 4.69) is 20.8 Å². The number of nitrogens with zero attached hydrogens (tertiary/aromatic N) is 2. The van der Waals surface area contributed by atoms with Crippen molar-refractivity contribution in [3.8, 4) is 0 Å². The minimum atomic E-state index is -0.424. The van der Waals surface area contributed by atoms with E-state index in [9.17, 15) is 4.79 Å². The van der Waals surface area contributed by atoms with E-state index < -0.39 is 5.41 Å². The van der Waals surface area contributed by atoms with Crippen LogP contribution in [0.5, 0.6) is 0 Å². The first-order chi connectivity index (χ1) is 7.93. The zero-order valence-electron chi connectivity index (χ0n) is 11.0. The number of hydrogen-bond donors (Lipinski definition) is 0. The first-order valence-electron chi connectivity index (χ1n) is 6.19. The molecule has 0 spiro atoms. The molecule has 100 valence electrons. The lowest BCUT2D eigenvalue weighted by atomic mass is 9.98. The molecule has 0 radical (unpaired) electrons. The second-order valence-corrected chi connectivity index (χ2v) is 6.23. The standard InChI is InChI=1S/C12H23BrN2O2/c1-12(2,3)11(16)17-15-9-7-14(8-10-15)6-4-5-13/h4-10H2,1-3H3. The summed E-state index contributed by atoms with van der Waals surface area (Å²) >= 11 is 3.44. The monoisotopic (exact) mass is 306 g/mol. The van der Waals surface area contributed by atoms with Gasteiger partial charge in [0.25, 0.3) is 0 Å². The molecule has 0 N–H and O–H groups in total. The number of hydroxylamine groups is 2. The first-order valence-corrected chi connectivity index (χ1v) is 7.31. The summed E-state index contributed by atoms with van der Waals surface area (Å²) < 4.78 is 0. The smallest absolute Gasteiger partial charge is 0.330 e. The summed E-state index contributed by atoms with van der Waals surface area (Å²) in [4.78, 5) is 19.5. The van der Waals surface area contributed by atoms with E-state index in [1.54, 1.807) is 5.06 Å². The van der Waals surface area contributed by atoms with Gasteiger partial charge in [0, 0.05) is 31.5 Å². The number of rotatable bonds is 4. The Morgan fingerprint density at radius 2 is 1.82 bits per heavy atom. The molecule has 0 saturated carbocycles. The Morgan fingerprint density at radius 1 is 1.24 bits per heavy atom. The van der Waals surface area contributed by atoms with Gasteiger partial charge in [-0.05, 0) is 33.7 Å². The molecule has 0 aliphatic carbocycles. The summed E-state index contributed by atoms with van der Waals surface area (Å²) in [5.41, 5.74) is -0.424. The zero-order valence-corrected chi connectivity index (χ0v) is 12.6. The maximum Gasteiger partial charge on any atom is 0.330 e. The first kappa shape index (κ1) is 14.9. The van der Waals surface area contributed by atoms with Crippen LogP contribution in [-0.4, -0.2) is 54.0 Å². The Bertz CT molecular complexity index is 245. The van der Waals surface area contributed by atoms with Crippen LogP contribution in [0, 0.1) is 5.41 Å². The average molecular weight is 307 g/mol. The maximum absolute atomic E-state index is 11.7. The van der Waals surface area contributed by atoms with E-state index in [1.807, 2.05) is 20.8 Å². The molecule has 1 heterocycles. The Balaban J connectivity index is 2.25. The summed E-state index contributed by atoms with van der Waals surface area (Å²) in [6.07, 6.45) is 1.17. The molecule has 0 unspecified atom stereocenters. The van der Waals surface area contributed by atoms with Crippen molar-refractivity contribution in [2.75, 3.05) is 38.1 Å². The molecule has 1 fully saturated rings. The Kier molecular flexibility index (Phi) is 5.89. The molecular weight excluding hydrogens is 284 g/mol. The third-order valence-corrected chi connectivity index (χ3v) is 3.32. The predicted molar refractivity (Wildman–Crippen MR) is 72.0 cm³/mol. The van der Waals surface area contributed by atoms with Gasteiger partial charge in [-0.15, -0.1) is 5.06 Å². The topological polar surface area (TPSA) is 32.8 Å². The normalized spacial score (nSPS) is 19.3. The minimum Gasteiger partial charge on any atom is -0.367 e. The van der Waals surface area contributed by atoms with Gasteiger partial charge in [-0.2, -0.15) is 0 Å². The highest BCUT2D eigenvalue weighted by Gasteiger charge is 2.27. The average Bonchev–Trinajstić information content (AvgIpc) is 2.27. The molecule has 0 aromatic carbocycles. The quantitative estimate of drug-likeness (QED) is 0.743. The lowest BCUT2D eigenvalue weighted by Gasteiger charge is -2.34. The second-order valence-electron chi connectivity index (χ2n) is 5.44. The van der Waals surface area contributed by atoms with Gasteiger partial charge >= 0.3 is 5.97 Å². The van der Waals surface area contributed by atoms with Crippen molar-refractivity contribution in [1.29, 1.82) is 0 Å². The van der Waals surface area contributed by atoms with E-state index in [0.717, 1.165) is 38.1 Å². The number of piperazine rings is 1. The van der Waals surface area contributed by atoms with Crippen molar-refractivity contribution >= 4 is 21.9 Å². The van der Waals surface area contributed by atoms with Crippen LogP contribution < -0.4 is 0 Å². The van der Waals surface area contributed by atoms with Crippen molar-refractivity contribution in [1.82, 2.24) is 9.96 Å². The van der Waals surface area contributed by atoms with Crippen LogP contribution in [0.4, 0.5) is 0 Å². The third-order valence-electron chi connectivity index (χ3n) is 2.76. The van der Waals surface area contributed by atoms with Crippen molar-refractivity contribution in [3.05, 3.63) is 0 Å². The largest absolute Gasteiger partial charge is 0.367 e. The molecule has 0 aromatic heterocycles. The summed E-state index contributed by atoms with van der Waals surface area (Å²) in [5, 5.41) is 2.84. The molecule has 1 aliphatic heterocycles. The van der Waals surface area contributed by atoms with Crippen LogP contribution in [0.15, 0.2) is 0 Å². The fraction of sp³-hybridized carbons (Fsp3) is 0.917. The molecule has 4 nitrogen and oxygen atoms in total. The molecule has 0 atom stereocenters. The third kappa shape index (κ3) is 5.36. The van der Waals surface area contributed by atoms with Crippen LogP contribution in [0.2, 0.25) is 0 Å². The summed E-state index contributed by atoms with van der Waals surface area (Å²) in [6.45, 7) is 10.3. The summed E-state index contributed by atoms with van der Waals surface area (Å²) in [7, 11) is 0. The number of carbonyl (C=O) groups excluding carboxylic acids is 1. The Hall–Kier alpha value is -0.130. The van der Waals surface area contributed by atoms with E-state index in [-0.39, 0.29) is 5.97 Å². The molecule has 0 amide bonds. The van der Waals surface area contributed by atoms with Gasteiger partial charge in [-0.25, -0.2) is 4.79 Å². The van der Waals surface area contributed by atoms with Crippen LogP contribution in [0.3, 0.4) is 0 Å². The van der Waals surface area contributed by atoms with Crippen molar-refractivity contribution in [2.24, 2.45) is 5.41 Å². The van der Waals surface area contributed by atoms with Crippen LogP contribution in [0.1, 0.15) is 27.2 Å². The van der Waals surface area contributed by atoms with Gasteiger partial charge in [0.05, 0.1) is 5.41 Å². The maximum atomic E-state index is 11.7. The fourth-order valence-electron chi connectivity index (χ4n) is 1.58. The van der Waals surface area contributed by atoms with Crippen molar-refractivity contribution in [2.45, 2.75) is 27.2 Å². The van der Waals surface area contributed by atoms with Gasteiger partial charge < -0.3 is 9.74 Å². The molecule has 1 saturated heterocycles. The minimum absolute atomic E-state index is 0.147. The molecule has 1 aliphatic rings. The Labute approximate surface area is 112 Å². The van der Waals surface area contributed by atoms with Crippen molar-refractivity contribution < 1.29 is 9.63 Å². The molecule has 1 rings (SSSR count). The van der Waals surface area contributed by atoms with E-state index in [1.165, 1.54) is 6.42 Å². The highest BCUT2D eigenvalue weighted by atomic mass is 79.9. The summed E-state index contributed by atoms with van der Waals surface area (Å²) in [6, 6.07) is 0. The summed E-state index contributed by atoms with van der Waals surface area (Å²) in [5.74, 6) is -0.147. The lowest BCUT2D eigenvalue weighted by molar-refractivity contribution is -0.206. The molecule has 5 heteroatoms. The highest BCUT2D eigenvalue weighted by Crippen LogP contribution is 2.16. The zero-order chi connectivity index (χ0) is 12.9. The highest BCUT2D eigenvalue weighted by molar-refractivity contribution is 9.09. The van der Waals surface area contributed by atoms with Crippen LogP contribution >= 0.6 is 15.9 Å². The molecule has 0 bridgehead atoms. The van der Waals surface area contributed by atoms with E-state index >= 15 is 0 Å². The number of halogens is 1. The molecular formula is C12H23BrN2O2. The fourth-order valence-corrected chi connectivity index (χ4v) is 1.83. The van der Waals surface area contributed by atoms with Gasteiger partial charge in [0.2, 0.25) is 0 Å². The molecule has 17 heavy (non-hydrogen) atoms. The van der Waals surface area contributed by atoms with Crippen LogP contribution in [-0.2, 0) is 9.63 Å². The number of carbonyl (C=O) groups is 1. The predicted octanol–water partition coefficient (Wildman–Crippen LogP) is 1.89. The Morgan fingerprint density at radius 3 is 2.29 bits per heavy atom. The van der Waals surface area contributed by atoms with E-state index in [0.29, 0.717) is 0 Å².